The Balaban J connectivity index is 2.89. The van der Waals surface area contributed by atoms with Crippen molar-refractivity contribution in [1.29, 1.82) is 5.26 Å². The summed E-state index contributed by atoms with van der Waals surface area (Å²) in [5.41, 5.74) is 0.534. The number of amides is 1. The molecule has 1 rings (SSSR count). The zero-order valence-electron chi connectivity index (χ0n) is 11.9. The predicted molar refractivity (Wildman–Crippen MR) is 78.4 cm³/mol. The van der Waals surface area contributed by atoms with Crippen molar-refractivity contribution in [3.05, 3.63) is 29.8 Å². The molecule has 0 fully saturated rings. The average molecular weight is 311 g/mol. The molecule has 0 saturated heterocycles. The smallest absolute Gasteiger partial charge is 0.407 e. The number of benzene rings is 1. The van der Waals surface area contributed by atoms with Crippen LogP contribution in [0.2, 0.25) is 0 Å². The number of carbonyl (C=O) groups excluding carboxylic acids is 1. The molecule has 0 heterocycles. The Morgan fingerprint density at radius 1 is 1.43 bits per heavy atom. The van der Waals surface area contributed by atoms with Crippen LogP contribution in [0.5, 0.6) is 0 Å². The molecule has 0 aliphatic carbocycles. The van der Waals surface area contributed by atoms with E-state index in [1.807, 2.05) is 6.07 Å². The molecular formula is C13H17N3O4S. The second-order valence-electron chi connectivity index (χ2n) is 4.11. The molecule has 0 spiro atoms. The molecule has 0 atom stereocenters. The van der Waals surface area contributed by atoms with E-state index in [0.29, 0.717) is 0 Å². The van der Waals surface area contributed by atoms with Gasteiger partial charge in [0, 0.05) is 6.54 Å². The summed E-state index contributed by atoms with van der Waals surface area (Å²) in [7, 11) is -3.57. The van der Waals surface area contributed by atoms with Gasteiger partial charge in [0.05, 0.1) is 30.7 Å². The average Bonchev–Trinajstić information content (AvgIpc) is 2.42. The van der Waals surface area contributed by atoms with Crippen LogP contribution in [0.1, 0.15) is 12.5 Å². The summed E-state index contributed by atoms with van der Waals surface area (Å²) in [6.07, 6.45) is 0.436. The number of anilines is 1. The molecule has 0 unspecified atom stereocenters. The highest BCUT2D eigenvalue weighted by Gasteiger charge is 2.20. The van der Waals surface area contributed by atoms with Crippen LogP contribution in [0.3, 0.4) is 0 Å². The second-order valence-corrected chi connectivity index (χ2v) is 6.02. The van der Waals surface area contributed by atoms with Crippen molar-refractivity contribution in [1.82, 2.24) is 5.32 Å². The number of nitriles is 1. The highest BCUT2D eigenvalue weighted by Crippen LogP contribution is 2.21. The van der Waals surface area contributed by atoms with Gasteiger partial charge in [-0.2, -0.15) is 5.26 Å². The lowest BCUT2D eigenvalue weighted by Gasteiger charge is -2.23. The third kappa shape index (κ3) is 4.96. The number of nitrogens with zero attached hydrogens (tertiary/aromatic N) is 2. The molecule has 1 aromatic carbocycles. The van der Waals surface area contributed by atoms with Crippen molar-refractivity contribution >= 4 is 21.8 Å². The highest BCUT2D eigenvalue weighted by molar-refractivity contribution is 7.92. The summed E-state index contributed by atoms with van der Waals surface area (Å²) in [4.78, 5) is 11.2. The number of rotatable bonds is 6. The Labute approximate surface area is 124 Å². The van der Waals surface area contributed by atoms with Gasteiger partial charge < -0.3 is 10.1 Å². The second kappa shape index (κ2) is 7.50. The Kier molecular flexibility index (Phi) is 5.99. The van der Waals surface area contributed by atoms with Gasteiger partial charge in [-0.15, -0.1) is 0 Å². The Morgan fingerprint density at radius 2 is 2.10 bits per heavy atom. The fraction of sp³-hybridized carbons (Fsp3) is 0.385. The predicted octanol–water partition coefficient (Wildman–Crippen LogP) is 1.07. The van der Waals surface area contributed by atoms with E-state index in [9.17, 15) is 13.2 Å². The van der Waals surface area contributed by atoms with E-state index in [2.05, 4.69) is 10.1 Å². The van der Waals surface area contributed by atoms with Gasteiger partial charge in [-0.3, -0.25) is 4.31 Å². The van der Waals surface area contributed by atoms with E-state index in [1.165, 1.54) is 6.07 Å². The molecule has 0 aliphatic heterocycles. The Morgan fingerprint density at radius 3 is 2.67 bits per heavy atom. The monoisotopic (exact) mass is 311 g/mol. The van der Waals surface area contributed by atoms with Gasteiger partial charge >= 0.3 is 6.09 Å². The van der Waals surface area contributed by atoms with Gasteiger partial charge in [-0.05, 0) is 19.1 Å². The van der Waals surface area contributed by atoms with E-state index in [-0.39, 0.29) is 30.9 Å². The lowest BCUT2D eigenvalue weighted by molar-refractivity contribution is 0.152. The topological polar surface area (TPSA) is 99.5 Å². The van der Waals surface area contributed by atoms with E-state index >= 15 is 0 Å². The summed E-state index contributed by atoms with van der Waals surface area (Å²) in [6.45, 7) is 1.99. The van der Waals surface area contributed by atoms with Crippen molar-refractivity contribution in [2.24, 2.45) is 0 Å². The molecule has 0 saturated carbocycles. The first-order valence-electron chi connectivity index (χ1n) is 6.27. The van der Waals surface area contributed by atoms with Crippen LogP contribution >= 0.6 is 0 Å². The summed E-state index contributed by atoms with van der Waals surface area (Å²) >= 11 is 0. The molecule has 0 radical (unpaired) electrons. The van der Waals surface area contributed by atoms with E-state index in [4.69, 9.17) is 5.26 Å². The van der Waals surface area contributed by atoms with Crippen molar-refractivity contribution in [2.45, 2.75) is 6.92 Å². The zero-order valence-corrected chi connectivity index (χ0v) is 12.7. The minimum absolute atomic E-state index is 0.0103. The Hall–Kier alpha value is -2.27. The van der Waals surface area contributed by atoms with Gasteiger partial charge in [0.2, 0.25) is 10.0 Å². The van der Waals surface area contributed by atoms with Crippen molar-refractivity contribution in [3.63, 3.8) is 0 Å². The van der Waals surface area contributed by atoms with Gasteiger partial charge in [0.1, 0.15) is 6.07 Å². The number of carbonyl (C=O) groups is 1. The fourth-order valence-electron chi connectivity index (χ4n) is 1.69. The number of alkyl carbamates (subject to hydrolysis) is 1. The van der Waals surface area contributed by atoms with Crippen LogP contribution in [0.25, 0.3) is 0 Å². The number of nitrogens with one attached hydrogen (secondary N) is 1. The molecule has 0 bridgehead atoms. The number of hydrogen-bond donors (Lipinski definition) is 1. The maximum atomic E-state index is 11.9. The Bertz CT molecular complexity index is 637. The molecule has 8 heteroatoms. The summed E-state index contributed by atoms with van der Waals surface area (Å²) in [5.74, 6) is 0. The van der Waals surface area contributed by atoms with E-state index in [0.717, 1.165) is 10.6 Å². The molecule has 0 aromatic heterocycles. The summed E-state index contributed by atoms with van der Waals surface area (Å²) in [5, 5.41) is 11.5. The largest absolute Gasteiger partial charge is 0.450 e. The molecule has 0 aliphatic rings. The maximum absolute atomic E-state index is 11.9. The first-order valence-corrected chi connectivity index (χ1v) is 8.12. The lowest BCUT2D eigenvalue weighted by atomic mass is 10.2. The quantitative estimate of drug-likeness (QED) is 0.847. The molecule has 1 N–H and O–H groups in total. The van der Waals surface area contributed by atoms with Gasteiger partial charge in [0.25, 0.3) is 0 Å². The van der Waals surface area contributed by atoms with Crippen LogP contribution < -0.4 is 9.62 Å². The number of sulfonamides is 1. The molecule has 1 amide bonds. The summed E-state index contributed by atoms with van der Waals surface area (Å²) < 4.78 is 29.5. The first kappa shape index (κ1) is 16.8. The molecule has 114 valence electrons. The van der Waals surface area contributed by atoms with Crippen LogP contribution in [0.15, 0.2) is 24.3 Å². The fourth-order valence-corrected chi connectivity index (χ4v) is 2.63. The first-order chi connectivity index (χ1) is 9.90. The van der Waals surface area contributed by atoms with E-state index < -0.39 is 16.1 Å². The van der Waals surface area contributed by atoms with Gasteiger partial charge in [-0.1, -0.05) is 12.1 Å². The standard InChI is InChI=1S/C13H17N3O4S/c1-3-20-13(17)15-8-9-16(21(2,18)19)12-7-5-4-6-11(12)10-14/h4-7H,3,8-9H2,1-2H3,(H,15,17). The molecule has 1 aromatic rings. The summed E-state index contributed by atoms with van der Waals surface area (Å²) in [6, 6.07) is 8.33. The number of para-hydroxylation sites is 1. The minimum Gasteiger partial charge on any atom is -0.450 e. The molecule has 7 nitrogen and oxygen atoms in total. The molecular weight excluding hydrogens is 294 g/mol. The minimum atomic E-state index is -3.57. The number of hydrogen-bond acceptors (Lipinski definition) is 5. The number of ether oxygens (including phenoxy) is 1. The van der Waals surface area contributed by atoms with Crippen LogP contribution in [-0.2, 0) is 14.8 Å². The normalized spacial score (nSPS) is 10.5. The third-order valence-electron chi connectivity index (χ3n) is 2.55. The van der Waals surface area contributed by atoms with Crippen molar-refractivity contribution in [2.75, 3.05) is 30.3 Å². The van der Waals surface area contributed by atoms with Gasteiger partial charge in [0.15, 0.2) is 0 Å². The van der Waals surface area contributed by atoms with E-state index in [1.54, 1.807) is 25.1 Å². The van der Waals surface area contributed by atoms with Crippen molar-refractivity contribution < 1.29 is 17.9 Å². The van der Waals surface area contributed by atoms with Gasteiger partial charge in [-0.25, -0.2) is 13.2 Å². The van der Waals surface area contributed by atoms with Crippen LogP contribution in [0.4, 0.5) is 10.5 Å². The third-order valence-corrected chi connectivity index (χ3v) is 3.73. The molecule has 21 heavy (non-hydrogen) atoms. The maximum Gasteiger partial charge on any atom is 0.407 e. The zero-order chi connectivity index (χ0) is 15.9. The van der Waals surface area contributed by atoms with Crippen LogP contribution in [0, 0.1) is 11.3 Å². The van der Waals surface area contributed by atoms with Crippen molar-refractivity contribution in [3.8, 4) is 6.07 Å². The highest BCUT2D eigenvalue weighted by atomic mass is 32.2. The lowest BCUT2D eigenvalue weighted by Crippen LogP contribution is -2.38. The SMILES string of the molecule is CCOC(=O)NCCN(c1ccccc1C#N)S(C)(=O)=O. The van der Waals surface area contributed by atoms with Crippen LogP contribution in [-0.4, -0.2) is 40.5 Å².